The summed E-state index contributed by atoms with van der Waals surface area (Å²) in [4.78, 5) is 0.233. The van der Waals surface area contributed by atoms with Crippen LogP contribution in [0.15, 0.2) is 59.0 Å². The maximum atomic E-state index is 13.7. The Morgan fingerprint density at radius 1 is 1.24 bits per heavy atom. The number of rotatable bonds is 5. The van der Waals surface area contributed by atoms with Crippen molar-refractivity contribution >= 4 is 22.6 Å². The van der Waals surface area contributed by atoms with Crippen LogP contribution >= 0.6 is 0 Å². The van der Waals surface area contributed by atoms with E-state index in [0.717, 1.165) is 11.1 Å². The monoisotopic (exact) mass is 303 g/mol. The van der Waals surface area contributed by atoms with Crippen LogP contribution in [0.25, 0.3) is 6.08 Å². The van der Waals surface area contributed by atoms with Gasteiger partial charge in [0.15, 0.2) is 0 Å². The van der Waals surface area contributed by atoms with Crippen LogP contribution in [0.3, 0.4) is 0 Å². The summed E-state index contributed by atoms with van der Waals surface area (Å²) in [6.07, 6.45) is 3.55. The molecule has 1 unspecified atom stereocenters. The molecule has 2 aromatic carbocycles. The SMILES string of the molecule is CC(=Cc1ccccc1)CNc1ccc(S(C)=O)c(F)c1. The minimum Gasteiger partial charge on any atom is -0.381 e. The molecule has 0 amide bonds. The van der Waals surface area contributed by atoms with Crippen LogP contribution in [0.2, 0.25) is 0 Å². The summed E-state index contributed by atoms with van der Waals surface area (Å²) in [7, 11) is -1.30. The van der Waals surface area contributed by atoms with Gasteiger partial charge in [-0.1, -0.05) is 42.0 Å². The molecule has 0 saturated carbocycles. The third-order valence-electron chi connectivity index (χ3n) is 3.03. The summed E-state index contributed by atoms with van der Waals surface area (Å²) in [5.41, 5.74) is 2.96. The van der Waals surface area contributed by atoms with E-state index in [9.17, 15) is 8.60 Å². The van der Waals surface area contributed by atoms with Crippen LogP contribution in [0.4, 0.5) is 10.1 Å². The molecule has 0 radical (unpaired) electrons. The first-order chi connectivity index (χ1) is 10.1. The van der Waals surface area contributed by atoms with E-state index in [1.165, 1.54) is 12.3 Å². The van der Waals surface area contributed by atoms with Crippen molar-refractivity contribution in [3.63, 3.8) is 0 Å². The van der Waals surface area contributed by atoms with E-state index in [-0.39, 0.29) is 4.90 Å². The minimum atomic E-state index is -1.30. The van der Waals surface area contributed by atoms with Gasteiger partial charge < -0.3 is 5.32 Å². The largest absolute Gasteiger partial charge is 0.381 e. The Morgan fingerprint density at radius 3 is 2.57 bits per heavy atom. The third kappa shape index (κ3) is 4.53. The molecular formula is C17H18FNOS. The minimum absolute atomic E-state index is 0.233. The molecular weight excluding hydrogens is 285 g/mol. The van der Waals surface area contributed by atoms with Gasteiger partial charge in [0.25, 0.3) is 0 Å². The van der Waals surface area contributed by atoms with E-state index >= 15 is 0 Å². The molecule has 0 aliphatic carbocycles. The van der Waals surface area contributed by atoms with E-state index in [0.29, 0.717) is 12.2 Å². The van der Waals surface area contributed by atoms with Crippen molar-refractivity contribution in [1.29, 1.82) is 0 Å². The van der Waals surface area contributed by atoms with Crippen LogP contribution in [0.5, 0.6) is 0 Å². The van der Waals surface area contributed by atoms with Gasteiger partial charge in [-0.2, -0.15) is 0 Å². The molecule has 0 aromatic heterocycles. The van der Waals surface area contributed by atoms with Crippen LogP contribution in [0, 0.1) is 5.82 Å². The first-order valence-corrected chi connectivity index (χ1v) is 8.21. The highest BCUT2D eigenvalue weighted by atomic mass is 32.2. The molecule has 2 rings (SSSR count). The van der Waals surface area contributed by atoms with Crippen molar-refractivity contribution < 1.29 is 8.60 Å². The molecule has 0 bridgehead atoms. The van der Waals surface area contributed by atoms with E-state index in [1.807, 2.05) is 37.3 Å². The van der Waals surface area contributed by atoms with Crippen molar-refractivity contribution in [3.8, 4) is 0 Å². The summed E-state index contributed by atoms with van der Waals surface area (Å²) in [6.45, 7) is 2.65. The molecule has 0 heterocycles. The zero-order valence-electron chi connectivity index (χ0n) is 12.1. The van der Waals surface area contributed by atoms with E-state index < -0.39 is 16.6 Å². The zero-order chi connectivity index (χ0) is 15.2. The van der Waals surface area contributed by atoms with Gasteiger partial charge in [-0.25, -0.2) is 4.39 Å². The van der Waals surface area contributed by atoms with Crippen molar-refractivity contribution in [2.24, 2.45) is 0 Å². The number of benzene rings is 2. The number of hydrogen-bond acceptors (Lipinski definition) is 2. The van der Waals surface area contributed by atoms with Crippen LogP contribution in [-0.4, -0.2) is 17.0 Å². The molecule has 110 valence electrons. The van der Waals surface area contributed by atoms with Gasteiger partial charge in [-0.15, -0.1) is 0 Å². The standard InChI is InChI=1S/C17H18FNOS/c1-13(10-14-6-4-3-5-7-14)12-19-15-8-9-17(21(2)20)16(18)11-15/h3-11,19H,12H2,1-2H3. The lowest BCUT2D eigenvalue weighted by Crippen LogP contribution is -2.04. The molecule has 0 spiro atoms. The fourth-order valence-corrected chi connectivity index (χ4v) is 2.56. The molecule has 2 aromatic rings. The summed E-state index contributed by atoms with van der Waals surface area (Å²) in [5.74, 6) is -0.439. The summed E-state index contributed by atoms with van der Waals surface area (Å²) >= 11 is 0. The Hall–Kier alpha value is -1.94. The lowest BCUT2D eigenvalue weighted by molar-refractivity contribution is 0.596. The molecule has 1 N–H and O–H groups in total. The van der Waals surface area contributed by atoms with Crippen LogP contribution in [-0.2, 0) is 10.8 Å². The van der Waals surface area contributed by atoms with Gasteiger partial charge in [0.1, 0.15) is 5.82 Å². The lowest BCUT2D eigenvalue weighted by Gasteiger charge is -2.08. The van der Waals surface area contributed by atoms with Gasteiger partial charge in [0.2, 0.25) is 0 Å². The number of hydrogen-bond donors (Lipinski definition) is 1. The van der Waals surface area contributed by atoms with Gasteiger partial charge in [0.05, 0.1) is 15.7 Å². The highest BCUT2D eigenvalue weighted by molar-refractivity contribution is 7.84. The molecule has 0 aliphatic heterocycles. The highest BCUT2D eigenvalue weighted by Crippen LogP contribution is 2.17. The smallest absolute Gasteiger partial charge is 0.141 e. The Bertz CT molecular complexity index is 668. The topological polar surface area (TPSA) is 29.1 Å². The van der Waals surface area contributed by atoms with Gasteiger partial charge >= 0.3 is 0 Å². The first-order valence-electron chi connectivity index (χ1n) is 6.65. The predicted molar refractivity (Wildman–Crippen MR) is 87.3 cm³/mol. The maximum absolute atomic E-state index is 13.7. The third-order valence-corrected chi connectivity index (χ3v) is 3.98. The van der Waals surface area contributed by atoms with Gasteiger partial charge in [-0.3, -0.25) is 4.21 Å². The fraction of sp³-hybridized carbons (Fsp3) is 0.176. The van der Waals surface area contributed by atoms with Gasteiger partial charge in [-0.05, 0) is 30.7 Å². The Labute approximate surface area is 127 Å². The Balaban J connectivity index is 2.01. The fourth-order valence-electron chi connectivity index (χ4n) is 1.97. The molecule has 2 nitrogen and oxygen atoms in total. The van der Waals surface area contributed by atoms with E-state index in [1.54, 1.807) is 12.1 Å². The summed E-state index contributed by atoms with van der Waals surface area (Å²) < 4.78 is 25.0. The first kappa shape index (κ1) is 15.4. The van der Waals surface area contributed by atoms with Gasteiger partial charge in [0, 0.05) is 18.5 Å². The molecule has 0 aliphatic rings. The van der Waals surface area contributed by atoms with E-state index in [2.05, 4.69) is 11.4 Å². The highest BCUT2D eigenvalue weighted by Gasteiger charge is 2.06. The summed E-state index contributed by atoms with van der Waals surface area (Å²) in [6, 6.07) is 14.7. The second kappa shape index (κ2) is 7.18. The number of anilines is 1. The summed E-state index contributed by atoms with van der Waals surface area (Å²) in [5, 5.41) is 3.16. The Morgan fingerprint density at radius 2 is 1.95 bits per heavy atom. The second-order valence-electron chi connectivity index (χ2n) is 4.85. The molecule has 1 atom stereocenters. The maximum Gasteiger partial charge on any atom is 0.141 e. The number of nitrogens with one attached hydrogen (secondary N) is 1. The van der Waals surface area contributed by atoms with Crippen molar-refractivity contribution in [2.75, 3.05) is 18.1 Å². The van der Waals surface area contributed by atoms with Crippen molar-refractivity contribution in [1.82, 2.24) is 0 Å². The van der Waals surface area contributed by atoms with Crippen molar-refractivity contribution in [2.45, 2.75) is 11.8 Å². The zero-order valence-corrected chi connectivity index (χ0v) is 12.9. The predicted octanol–water partition coefficient (Wildman–Crippen LogP) is 4.08. The quantitative estimate of drug-likeness (QED) is 0.902. The normalized spacial score (nSPS) is 13.0. The average molecular weight is 303 g/mol. The molecule has 4 heteroatoms. The Kier molecular flexibility index (Phi) is 5.28. The second-order valence-corrected chi connectivity index (χ2v) is 6.20. The van der Waals surface area contributed by atoms with E-state index in [4.69, 9.17) is 0 Å². The molecule has 0 saturated heterocycles. The lowest BCUT2D eigenvalue weighted by atomic mass is 10.1. The molecule has 0 fully saturated rings. The average Bonchev–Trinajstić information content (AvgIpc) is 2.46. The van der Waals surface area contributed by atoms with Crippen LogP contribution < -0.4 is 5.32 Å². The van der Waals surface area contributed by atoms with Crippen LogP contribution in [0.1, 0.15) is 12.5 Å². The number of halogens is 1. The molecule has 21 heavy (non-hydrogen) atoms. The van der Waals surface area contributed by atoms with Crippen molar-refractivity contribution in [3.05, 3.63) is 65.5 Å².